The van der Waals surface area contributed by atoms with Gasteiger partial charge in [-0.05, 0) is 25.8 Å². The first kappa shape index (κ1) is 16.0. The Bertz CT molecular complexity index is 482. The number of nitro benzene ring substituents is 1. The van der Waals surface area contributed by atoms with Crippen LogP contribution < -0.4 is 5.32 Å². The summed E-state index contributed by atoms with van der Waals surface area (Å²) in [5.41, 5.74) is -0.277. The SMILES string of the molecule is CCC(C)(CCO)Nc1cc(Cl)c(Cl)cc1[N+](=O)[O-]. The summed E-state index contributed by atoms with van der Waals surface area (Å²) in [7, 11) is 0. The first-order chi connectivity index (χ1) is 8.83. The highest BCUT2D eigenvalue weighted by atomic mass is 35.5. The normalized spacial score (nSPS) is 13.9. The smallest absolute Gasteiger partial charge is 0.293 e. The minimum Gasteiger partial charge on any atom is -0.396 e. The molecule has 0 aliphatic carbocycles. The van der Waals surface area contributed by atoms with E-state index in [1.54, 1.807) is 0 Å². The number of halogens is 2. The van der Waals surface area contributed by atoms with Gasteiger partial charge < -0.3 is 10.4 Å². The second kappa shape index (κ2) is 6.41. The number of anilines is 1. The molecule has 0 aliphatic heterocycles. The molecule has 0 bridgehead atoms. The van der Waals surface area contributed by atoms with Gasteiger partial charge in [0.1, 0.15) is 5.69 Å². The Labute approximate surface area is 121 Å². The molecule has 0 saturated heterocycles. The van der Waals surface area contributed by atoms with Crippen LogP contribution in [-0.2, 0) is 0 Å². The van der Waals surface area contributed by atoms with E-state index in [2.05, 4.69) is 5.32 Å². The van der Waals surface area contributed by atoms with E-state index >= 15 is 0 Å². The average Bonchev–Trinajstić information content (AvgIpc) is 2.33. The fourth-order valence-corrected chi connectivity index (χ4v) is 2.01. The lowest BCUT2D eigenvalue weighted by molar-refractivity contribution is -0.384. The number of benzene rings is 1. The van der Waals surface area contributed by atoms with Crippen molar-refractivity contribution in [1.29, 1.82) is 0 Å². The first-order valence-electron chi connectivity index (χ1n) is 5.85. The molecule has 106 valence electrons. The molecule has 0 fully saturated rings. The summed E-state index contributed by atoms with van der Waals surface area (Å²) >= 11 is 11.7. The van der Waals surface area contributed by atoms with Gasteiger partial charge in [0.25, 0.3) is 5.69 Å². The molecule has 19 heavy (non-hydrogen) atoms. The molecule has 1 aromatic carbocycles. The zero-order valence-electron chi connectivity index (χ0n) is 10.7. The lowest BCUT2D eigenvalue weighted by Gasteiger charge is -2.30. The quantitative estimate of drug-likeness (QED) is 0.618. The van der Waals surface area contributed by atoms with Crippen LogP contribution in [-0.4, -0.2) is 22.2 Å². The first-order valence-corrected chi connectivity index (χ1v) is 6.61. The lowest BCUT2D eigenvalue weighted by Crippen LogP contribution is -2.35. The fraction of sp³-hybridized carbons (Fsp3) is 0.500. The molecule has 0 aliphatic rings. The van der Waals surface area contributed by atoms with Crippen LogP contribution in [0, 0.1) is 10.1 Å². The van der Waals surface area contributed by atoms with Crippen molar-refractivity contribution in [2.45, 2.75) is 32.2 Å². The van der Waals surface area contributed by atoms with E-state index in [0.29, 0.717) is 18.5 Å². The number of rotatable bonds is 6. The van der Waals surface area contributed by atoms with E-state index in [-0.39, 0.29) is 22.3 Å². The molecule has 0 heterocycles. The summed E-state index contributed by atoms with van der Waals surface area (Å²) in [6.07, 6.45) is 1.17. The van der Waals surface area contributed by atoms with Crippen molar-refractivity contribution < 1.29 is 10.0 Å². The number of hydrogen-bond donors (Lipinski definition) is 2. The Morgan fingerprint density at radius 1 is 1.42 bits per heavy atom. The lowest BCUT2D eigenvalue weighted by atomic mass is 9.94. The zero-order valence-corrected chi connectivity index (χ0v) is 12.3. The number of aliphatic hydroxyl groups is 1. The number of nitro groups is 1. The predicted octanol–water partition coefficient (Wildman–Crippen LogP) is 3.86. The number of nitrogens with one attached hydrogen (secondary N) is 1. The summed E-state index contributed by atoms with van der Waals surface area (Å²) in [5.74, 6) is 0. The molecular formula is C12H16Cl2N2O3. The average molecular weight is 307 g/mol. The maximum atomic E-state index is 11.0. The van der Waals surface area contributed by atoms with E-state index in [0.717, 1.165) is 0 Å². The third kappa shape index (κ3) is 3.96. The van der Waals surface area contributed by atoms with E-state index in [9.17, 15) is 10.1 Å². The van der Waals surface area contributed by atoms with Gasteiger partial charge in [-0.1, -0.05) is 30.1 Å². The standard InChI is InChI=1S/C12H16Cl2N2O3/c1-3-12(2,4-5-17)15-10-6-8(13)9(14)7-11(10)16(18)19/h6-7,15,17H,3-5H2,1-2H3. The van der Waals surface area contributed by atoms with Gasteiger partial charge in [0.2, 0.25) is 0 Å². The molecule has 1 rings (SSSR count). The number of aliphatic hydroxyl groups excluding tert-OH is 1. The van der Waals surface area contributed by atoms with Crippen LogP contribution in [0.1, 0.15) is 26.7 Å². The summed E-state index contributed by atoms with van der Waals surface area (Å²) in [6.45, 7) is 3.81. The Kier molecular flexibility index (Phi) is 5.40. The Hall–Kier alpha value is -1.04. The Morgan fingerprint density at radius 3 is 2.47 bits per heavy atom. The topological polar surface area (TPSA) is 75.4 Å². The van der Waals surface area contributed by atoms with Crippen molar-refractivity contribution in [3.05, 3.63) is 32.3 Å². The van der Waals surface area contributed by atoms with E-state index in [4.69, 9.17) is 28.3 Å². The van der Waals surface area contributed by atoms with Crippen LogP contribution in [0.3, 0.4) is 0 Å². The monoisotopic (exact) mass is 306 g/mol. The molecule has 1 atom stereocenters. The molecule has 0 radical (unpaired) electrons. The molecule has 0 spiro atoms. The predicted molar refractivity (Wildman–Crippen MR) is 77.1 cm³/mol. The van der Waals surface area contributed by atoms with Crippen molar-refractivity contribution >= 4 is 34.6 Å². The summed E-state index contributed by atoms with van der Waals surface area (Å²) in [6, 6.07) is 2.66. The summed E-state index contributed by atoms with van der Waals surface area (Å²) in [5, 5.41) is 23.6. The highest BCUT2D eigenvalue weighted by molar-refractivity contribution is 6.42. The highest BCUT2D eigenvalue weighted by Gasteiger charge is 2.26. The van der Waals surface area contributed by atoms with Gasteiger partial charge in [-0.15, -0.1) is 0 Å². The maximum absolute atomic E-state index is 11.0. The van der Waals surface area contributed by atoms with Crippen molar-refractivity contribution in [3.63, 3.8) is 0 Å². The molecular weight excluding hydrogens is 291 g/mol. The second-order valence-electron chi connectivity index (χ2n) is 4.55. The summed E-state index contributed by atoms with van der Waals surface area (Å²) < 4.78 is 0. The van der Waals surface area contributed by atoms with Crippen LogP contribution in [0.15, 0.2) is 12.1 Å². The van der Waals surface area contributed by atoms with Gasteiger partial charge in [0, 0.05) is 18.2 Å². The van der Waals surface area contributed by atoms with Gasteiger partial charge in [0.05, 0.1) is 15.0 Å². The van der Waals surface area contributed by atoms with Crippen LogP contribution in [0.25, 0.3) is 0 Å². The van der Waals surface area contributed by atoms with Gasteiger partial charge in [-0.2, -0.15) is 0 Å². The Balaban J connectivity index is 3.18. The number of hydrogen-bond acceptors (Lipinski definition) is 4. The van der Waals surface area contributed by atoms with Crippen LogP contribution in [0.5, 0.6) is 0 Å². The maximum Gasteiger partial charge on any atom is 0.293 e. The van der Waals surface area contributed by atoms with E-state index < -0.39 is 10.5 Å². The van der Waals surface area contributed by atoms with Crippen molar-refractivity contribution in [1.82, 2.24) is 0 Å². The minimum absolute atomic E-state index is 0.00748. The number of nitrogens with zero attached hydrogens (tertiary/aromatic N) is 1. The molecule has 5 nitrogen and oxygen atoms in total. The molecule has 1 aromatic rings. The van der Waals surface area contributed by atoms with Crippen LogP contribution in [0.2, 0.25) is 10.0 Å². The third-order valence-corrected chi connectivity index (χ3v) is 3.84. The Morgan fingerprint density at radius 2 is 2.00 bits per heavy atom. The van der Waals surface area contributed by atoms with Gasteiger partial charge in [-0.25, -0.2) is 0 Å². The largest absolute Gasteiger partial charge is 0.396 e. The molecule has 1 unspecified atom stereocenters. The van der Waals surface area contributed by atoms with Crippen LogP contribution in [0.4, 0.5) is 11.4 Å². The van der Waals surface area contributed by atoms with Gasteiger partial charge in [0.15, 0.2) is 0 Å². The minimum atomic E-state index is -0.514. The zero-order chi connectivity index (χ0) is 14.6. The molecule has 2 N–H and O–H groups in total. The van der Waals surface area contributed by atoms with E-state index in [1.807, 2.05) is 13.8 Å². The van der Waals surface area contributed by atoms with Gasteiger partial charge in [-0.3, -0.25) is 10.1 Å². The fourth-order valence-electron chi connectivity index (χ4n) is 1.69. The highest BCUT2D eigenvalue weighted by Crippen LogP contribution is 2.36. The second-order valence-corrected chi connectivity index (χ2v) is 5.37. The molecule has 7 heteroatoms. The third-order valence-electron chi connectivity index (χ3n) is 3.12. The van der Waals surface area contributed by atoms with Crippen molar-refractivity contribution in [2.24, 2.45) is 0 Å². The molecule has 0 saturated carbocycles. The molecule has 0 amide bonds. The van der Waals surface area contributed by atoms with E-state index in [1.165, 1.54) is 12.1 Å². The van der Waals surface area contributed by atoms with Crippen LogP contribution >= 0.6 is 23.2 Å². The molecule has 0 aromatic heterocycles. The van der Waals surface area contributed by atoms with Crippen molar-refractivity contribution in [3.8, 4) is 0 Å². The van der Waals surface area contributed by atoms with Crippen molar-refractivity contribution in [2.75, 3.05) is 11.9 Å². The summed E-state index contributed by atoms with van der Waals surface area (Å²) in [4.78, 5) is 10.5. The van der Waals surface area contributed by atoms with Gasteiger partial charge >= 0.3 is 0 Å².